The molecule has 0 aliphatic heterocycles. The lowest BCUT2D eigenvalue weighted by molar-refractivity contribution is 0.102. The lowest BCUT2D eigenvalue weighted by Gasteiger charge is -2.09. The summed E-state index contributed by atoms with van der Waals surface area (Å²) in [6, 6.07) is 14.8. The van der Waals surface area contributed by atoms with Crippen LogP contribution in [0, 0.1) is 6.92 Å². The van der Waals surface area contributed by atoms with Crippen molar-refractivity contribution in [2.45, 2.75) is 6.92 Å². The van der Waals surface area contributed by atoms with Crippen molar-refractivity contribution < 1.29 is 9.53 Å². The first kappa shape index (κ1) is 16.4. The van der Waals surface area contributed by atoms with Gasteiger partial charge < -0.3 is 15.0 Å². The summed E-state index contributed by atoms with van der Waals surface area (Å²) < 4.78 is 5.27. The fourth-order valence-corrected chi connectivity index (χ4v) is 3.14. The van der Waals surface area contributed by atoms with E-state index in [4.69, 9.17) is 16.3 Å². The number of aromatic nitrogens is 2. The highest BCUT2D eigenvalue weighted by atomic mass is 35.5. The van der Waals surface area contributed by atoms with Crippen molar-refractivity contribution in [2.24, 2.45) is 0 Å². The molecule has 0 saturated carbocycles. The van der Waals surface area contributed by atoms with Gasteiger partial charge in [-0.1, -0.05) is 29.8 Å². The molecule has 0 fully saturated rings. The van der Waals surface area contributed by atoms with Gasteiger partial charge >= 0.3 is 0 Å². The number of halogens is 1. The summed E-state index contributed by atoms with van der Waals surface area (Å²) in [4.78, 5) is 20.6. The van der Waals surface area contributed by atoms with Crippen LogP contribution in [0.5, 0.6) is 5.75 Å². The van der Waals surface area contributed by atoms with E-state index in [0.29, 0.717) is 22.2 Å². The van der Waals surface area contributed by atoms with E-state index in [-0.39, 0.29) is 5.91 Å². The first-order chi connectivity index (χ1) is 12.5. The zero-order chi connectivity index (χ0) is 18.3. The maximum Gasteiger partial charge on any atom is 0.274 e. The van der Waals surface area contributed by atoms with Gasteiger partial charge in [-0.25, -0.2) is 4.98 Å². The van der Waals surface area contributed by atoms with E-state index >= 15 is 0 Å². The van der Waals surface area contributed by atoms with Gasteiger partial charge in [0.1, 0.15) is 11.4 Å². The normalized spacial score (nSPS) is 11.0. The third-order valence-corrected chi connectivity index (χ3v) is 4.48. The second-order valence-electron chi connectivity index (χ2n) is 6.05. The number of aryl methyl sites for hydroxylation is 1. The van der Waals surface area contributed by atoms with Crippen LogP contribution in [0.2, 0.25) is 5.02 Å². The molecule has 5 nitrogen and oxygen atoms in total. The van der Waals surface area contributed by atoms with E-state index in [2.05, 4.69) is 15.3 Å². The Kier molecular flexibility index (Phi) is 4.01. The first-order valence-corrected chi connectivity index (χ1v) is 8.47. The predicted octanol–water partition coefficient (Wildman–Crippen LogP) is 4.94. The van der Waals surface area contributed by atoms with E-state index in [1.807, 2.05) is 31.2 Å². The van der Waals surface area contributed by atoms with Crippen molar-refractivity contribution in [3.63, 3.8) is 0 Å². The molecule has 6 heteroatoms. The van der Waals surface area contributed by atoms with Crippen molar-refractivity contribution >= 4 is 45.0 Å². The van der Waals surface area contributed by atoms with Crippen LogP contribution in [0.4, 0.5) is 5.69 Å². The number of hydrogen-bond donors (Lipinski definition) is 2. The Morgan fingerprint density at radius 1 is 1.12 bits per heavy atom. The quantitative estimate of drug-likeness (QED) is 0.540. The minimum atomic E-state index is -0.317. The molecule has 0 aliphatic rings. The van der Waals surface area contributed by atoms with Gasteiger partial charge in [0, 0.05) is 21.5 Å². The van der Waals surface area contributed by atoms with Crippen molar-refractivity contribution in [1.29, 1.82) is 0 Å². The molecular formula is C20H16ClN3O2. The Bertz CT molecular complexity index is 1150. The standard InChI is InChI=1S/C20H16ClN3O2/c1-11-3-4-12-5-6-13-9-16(23-19(13)18(12)22-11)20(25)24-15-10-14(21)7-8-17(15)26-2/h3-10,22H,1-2H3,(H,24,25). The number of fused-ring (bicyclic) bond motifs is 3. The average molecular weight is 366 g/mol. The fourth-order valence-electron chi connectivity index (χ4n) is 2.96. The number of hydrogen-bond acceptors (Lipinski definition) is 3. The molecule has 4 rings (SSSR count). The number of methoxy groups -OCH3 is 1. The van der Waals surface area contributed by atoms with Crippen LogP contribution in [0.1, 0.15) is 16.2 Å². The van der Waals surface area contributed by atoms with E-state index in [1.165, 1.54) is 7.11 Å². The smallest absolute Gasteiger partial charge is 0.274 e. The van der Waals surface area contributed by atoms with E-state index < -0.39 is 0 Å². The molecule has 2 aromatic heterocycles. The number of H-pyrrole nitrogens is 1. The van der Waals surface area contributed by atoms with Crippen molar-refractivity contribution in [2.75, 3.05) is 12.4 Å². The Hall–Kier alpha value is -3.05. The second-order valence-corrected chi connectivity index (χ2v) is 6.49. The number of nitrogens with zero attached hydrogens (tertiary/aromatic N) is 1. The Morgan fingerprint density at radius 3 is 2.69 bits per heavy atom. The van der Waals surface area contributed by atoms with Crippen LogP contribution in [0.15, 0.2) is 48.5 Å². The van der Waals surface area contributed by atoms with Crippen LogP contribution in [-0.2, 0) is 0 Å². The fraction of sp³-hybridized carbons (Fsp3) is 0.100. The van der Waals surface area contributed by atoms with Gasteiger partial charge in [0.15, 0.2) is 0 Å². The summed E-state index contributed by atoms with van der Waals surface area (Å²) in [5.74, 6) is 0.218. The molecule has 0 aliphatic carbocycles. The molecule has 4 aromatic rings. The summed E-state index contributed by atoms with van der Waals surface area (Å²) >= 11 is 6.02. The number of pyridine rings is 1. The summed E-state index contributed by atoms with van der Waals surface area (Å²) in [6.07, 6.45) is 0. The molecule has 0 radical (unpaired) electrons. The number of rotatable bonds is 3. The van der Waals surface area contributed by atoms with Crippen molar-refractivity contribution in [3.8, 4) is 5.75 Å². The zero-order valence-corrected chi connectivity index (χ0v) is 15.0. The minimum absolute atomic E-state index is 0.317. The molecule has 0 spiro atoms. The molecule has 2 aromatic carbocycles. The van der Waals surface area contributed by atoms with Crippen molar-refractivity contribution in [3.05, 3.63) is 64.9 Å². The number of nitrogens with one attached hydrogen (secondary N) is 2. The lowest BCUT2D eigenvalue weighted by atomic mass is 10.1. The van der Waals surface area contributed by atoms with Gasteiger partial charge in [-0.05, 0) is 37.3 Å². The Balaban J connectivity index is 1.75. The average Bonchev–Trinajstić information content (AvgIpc) is 3.07. The van der Waals surface area contributed by atoms with Gasteiger partial charge in [0.25, 0.3) is 5.91 Å². The number of aromatic amines is 1. The topological polar surface area (TPSA) is 67.0 Å². The SMILES string of the molecule is COc1ccc(Cl)cc1NC(=O)c1cc2ccc3ccc(C)[nH]c3c2n1. The highest BCUT2D eigenvalue weighted by molar-refractivity contribution is 6.31. The van der Waals surface area contributed by atoms with Gasteiger partial charge in [-0.15, -0.1) is 0 Å². The Labute approximate surface area is 155 Å². The third-order valence-electron chi connectivity index (χ3n) is 4.24. The molecular weight excluding hydrogens is 350 g/mol. The summed E-state index contributed by atoms with van der Waals surface area (Å²) in [6.45, 7) is 1.99. The molecule has 26 heavy (non-hydrogen) atoms. The second kappa shape index (κ2) is 6.35. The van der Waals surface area contributed by atoms with Gasteiger partial charge in [-0.3, -0.25) is 4.79 Å². The van der Waals surface area contributed by atoms with Gasteiger partial charge in [-0.2, -0.15) is 0 Å². The van der Waals surface area contributed by atoms with Crippen LogP contribution in [-0.4, -0.2) is 23.0 Å². The van der Waals surface area contributed by atoms with Crippen molar-refractivity contribution in [1.82, 2.24) is 9.97 Å². The van der Waals surface area contributed by atoms with Gasteiger partial charge in [0.2, 0.25) is 0 Å². The number of amides is 1. The molecule has 2 heterocycles. The van der Waals surface area contributed by atoms with Crippen LogP contribution in [0.25, 0.3) is 21.8 Å². The molecule has 0 bridgehead atoms. The molecule has 1 amide bonds. The van der Waals surface area contributed by atoms with Crippen LogP contribution in [0.3, 0.4) is 0 Å². The first-order valence-electron chi connectivity index (χ1n) is 8.09. The Morgan fingerprint density at radius 2 is 1.88 bits per heavy atom. The summed E-state index contributed by atoms with van der Waals surface area (Å²) in [7, 11) is 1.54. The van der Waals surface area contributed by atoms with E-state index in [9.17, 15) is 4.79 Å². The minimum Gasteiger partial charge on any atom is -0.495 e. The number of carbonyl (C=O) groups excluding carboxylic acids is 1. The number of anilines is 1. The molecule has 2 N–H and O–H groups in total. The number of benzene rings is 2. The summed E-state index contributed by atoms with van der Waals surface area (Å²) in [5, 5.41) is 5.28. The maximum atomic E-state index is 12.7. The van der Waals surface area contributed by atoms with E-state index in [0.717, 1.165) is 27.5 Å². The number of ether oxygens (including phenoxy) is 1. The monoisotopic (exact) mass is 365 g/mol. The summed E-state index contributed by atoms with van der Waals surface area (Å²) in [5.41, 5.74) is 3.56. The molecule has 130 valence electrons. The highest BCUT2D eigenvalue weighted by Gasteiger charge is 2.15. The largest absolute Gasteiger partial charge is 0.495 e. The lowest BCUT2D eigenvalue weighted by Crippen LogP contribution is -2.13. The predicted molar refractivity (Wildman–Crippen MR) is 104 cm³/mol. The number of carbonyl (C=O) groups is 1. The highest BCUT2D eigenvalue weighted by Crippen LogP contribution is 2.29. The maximum absolute atomic E-state index is 12.7. The molecule has 0 unspecified atom stereocenters. The van der Waals surface area contributed by atoms with Crippen LogP contribution >= 0.6 is 11.6 Å². The van der Waals surface area contributed by atoms with E-state index in [1.54, 1.807) is 24.3 Å². The molecule has 0 saturated heterocycles. The molecule has 0 atom stereocenters. The van der Waals surface area contributed by atoms with Gasteiger partial charge in [0.05, 0.1) is 23.8 Å². The van der Waals surface area contributed by atoms with Crippen LogP contribution < -0.4 is 10.1 Å². The zero-order valence-electron chi connectivity index (χ0n) is 14.3. The third kappa shape index (κ3) is 2.86.